The van der Waals surface area contributed by atoms with Gasteiger partial charge in [-0.2, -0.15) is 13.2 Å². The predicted octanol–water partition coefficient (Wildman–Crippen LogP) is 1.90. The summed E-state index contributed by atoms with van der Waals surface area (Å²) in [7, 11) is 2.94. The highest BCUT2D eigenvalue weighted by Gasteiger charge is 2.29. The molecule has 0 aliphatic rings. The van der Waals surface area contributed by atoms with Crippen molar-refractivity contribution < 1.29 is 33.2 Å². The van der Waals surface area contributed by atoms with E-state index in [0.717, 1.165) is 0 Å². The molecule has 9 heteroatoms. The van der Waals surface area contributed by atoms with Gasteiger partial charge < -0.3 is 20.5 Å². The molecule has 124 valence electrons. The first-order valence-corrected chi connectivity index (χ1v) is 7.31. The van der Waals surface area contributed by atoms with E-state index in [1.54, 1.807) is 18.2 Å². The van der Waals surface area contributed by atoms with Gasteiger partial charge in [-0.1, -0.05) is 11.8 Å². The van der Waals surface area contributed by atoms with Crippen molar-refractivity contribution in [3.63, 3.8) is 0 Å². The van der Waals surface area contributed by atoms with Crippen LogP contribution < -0.4 is 20.5 Å². The van der Waals surface area contributed by atoms with Crippen LogP contribution in [-0.2, 0) is 4.79 Å². The first-order chi connectivity index (χ1) is 10.2. The van der Waals surface area contributed by atoms with Crippen LogP contribution in [0.4, 0.5) is 18.9 Å². The van der Waals surface area contributed by atoms with Crippen LogP contribution >= 0.6 is 11.8 Å². The molecule has 1 aromatic rings. The molecule has 0 spiro atoms. The van der Waals surface area contributed by atoms with Gasteiger partial charge in [-0.25, -0.2) is 0 Å². The number of quaternary nitrogens is 1. The molecule has 0 fully saturated rings. The van der Waals surface area contributed by atoms with Crippen LogP contribution in [0.5, 0.6) is 11.5 Å². The third-order valence-corrected chi connectivity index (χ3v) is 3.49. The molecule has 0 heterocycles. The molecule has 0 bridgehead atoms. The summed E-state index contributed by atoms with van der Waals surface area (Å²) >= 11 is -0.162. The molecule has 5 nitrogen and oxygen atoms in total. The van der Waals surface area contributed by atoms with E-state index in [1.807, 2.05) is 0 Å². The van der Waals surface area contributed by atoms with E-state index in [9.17, 15) is 18.0 Å². The number of anilines is 1. The number of carbonyl (C=O) groups excluding carboxylic acids is 1. The van der Waals surface area contributed by atoms with Crippen molar-refractivity contribution in [2.24, 2.45) is 0 Å². The van der Waals surface area contributed by atoms with Gasteiger partial charge in [0, 0.05) is 36.1 Å². The third-order valence-electron chi connectivity index (χ3n) is 2.72. The first-order valence-electron chi connectivity index (χ1n) is 6.33. The van der Waals surface area contributed by atoms with Crippen molar-refractivity contribution in [2.75, 3.05) is 25.3 Å². The summed E-state index contributed by atoms with van der Waals surface area (Å²) in [6, 6.07) is 4.01. The van der Waals surface area contributed by atoms with Crippen LogP contribution in [0.25, 0.3) is 0 Å². The van der Waals surface area contributed by atoms with Gasteiger partial charge in [0.25, 0.3) is 5.91 Å². The smallest absolute Gasteiger partial charge is 0.441 e. The third kappa shape index (κ3) is 6.44. The minimum absolute atomic E-state index is 0.0249. The molecule has 0 saturated carbocycles. The average Bonchev–Trinajstić information content (AvgIpc) is 2.45. The maximum atomic E-state index is 12.0. The highest BCUT2D eigenvalue weighted by Crippen LogP contribution is 2.30. The molecule has 0 aromatic heterocycles. The summed E-state index contributed by atoms with van der Waals surface area (Å²) in [5.41, 5.74) is -0.283. The SMILES string of the molecule is COc1cc(NC(=O)[C@@H]([NH3+])CCSC(F)(F)F)cc(OC)c1. The number of nitrogens with one attached hydrogen (secondary N) is 1. The highest BCUT2D eigenvalue weighted by atomic mass is 32.2. The number of ether oxygens (including phenoxy) is 2. The second-order valence-electron chi connectivity index (χ2n) is 4.37. The molecule has 22 heavy (non-hydrogen) atoms. The molecule has 1 rings (SSSR count). The second kappa shape index (κ2) is 8.14. The number of benzene rings is 1. The standard InChI is InChI=1S/C13H17F3N2O3S/c1-20-9-5-8(6-10(7-9)21-2)18-12(19)11(17)3-4-22-13(14,15)16/h5-7,11H,3-4,17H2,1-2H3,(H,18,19)/p+1/t11-/m0/s1. The zero-order chi connectivity index (χ0) is 16.8. The molecule has 4 N–H and O–H groups in total. The molecule has 0 aliphatic carbocycles. The van der Waals surface area contributed by atoms with Crippen molar-refractivity contribution >= 4 is 23.4 Å². The topological polar surface area (TPSA) is 75.2 Å². The van der Waals surface area contributed by atoms with E-state index >= 15 is 0 Å². The second-order valence-corrected chi connectivity index (χ2v) is 5.53. The normalized spacial score (nSPS) is 12.6. The quantitative estimate of drug-likeness (QED) is 0.796. The fraction of sp³-hybridized carbons (Fsp3) is 0.462. The summed E-state index contributed by atoms with van der Waals surface area (Å²) in [5.74, 6) is 0.302. The zero-order valence-electron chi connectivity index (χ0n) is 12.2. The number of carbonyl (C=O) groups is 1. The average molecular weight is 339 g/mol. The lowest BCUT2D eigenvalue weighted by atomic mass is 10.2. The number of alkyl halides is 3. The number of amides is 1. The monoisotopic (exact) mass is 339 g/mol. The van der Waals surface area contributed by atoms with E-state index in [-0.39, 0.29) is 23.9 Å². The van der Waals surface area contributed by atoms with Crippen LogP contribution in [-0.4, -0.2) is 37.4 Å². The number of thioether (sulfide) groups is 1. The number of hydrogen-bond donors (Lipinski definition) is 2. The first kappa shape index (κ1) is 18.4. The Bertz CT molecular complexity index is 490. The van der Waals surface area contributed by atoms with Crippen LogP contribution in [0.3, 0.4) is 0 Å². The molecule has 1 amide bonds. The summed E-state index contributed by atoms with van der Waals surface area (Å²) in [6.45, 7) is 0. The predicted molar refractivity (Wildman–Crippen MR) is 78.0 cm³/mol. The maximum Gasteiger partial charge on any atom is 0.441 e. The lowest BCUT2D eigenvalue weighted by molar-refractivity contribution is -0.402. The number of rotatable bonds is 7. The van der Waals surface area contributed by atoms with Gasteiger partial charge in [-0.3, -0.25) is 4.79 Å². The zero-order valence-corrected chi connectivity index (χ0v) is 13.0. The van der Waals surface area contributed by atoms with Gasteiger partial charge in [0.15, 0.2) is 6.04 Å². The van der Waals surface area contributed by atoms with Crippen LogP contribution in [0.15, 0.2) is 18.2 Å². The Balaban J connectivity index is 2.60. The minimum atomic E-state index is -4.30. The van der Waals surface area contributed by atoms with Crippen molar-refractivity contribution in [3.05, 3.63) is 18.2 Å². The van der Waals surface area contributed by atoms with Gasteiger partial charge >= 0.3 is 5.51 Å². The molecule has 1 atom stereocenters. The Morgan fingerprint density at radius 1 is 1.27 bits per heavy atom. The Morgan fingerprint density at radius 3 is 2.27 bits per heavy atom. The maximum absolute atomic E-state index is 12.0. The number of methoxy groups -OCH3 is 2. The summed E-state index contributed by atoms with van der Waals surface area (Å²) in [5, 5.41) is 2.59. The molecule has 0 radical (unpaired) electrons. The van der Waals surface area contributed by atoms with E-state index in [2.05, 4.69) is 11.1 Å². The highest BCUT2D eigenvalue weighted by molar-refractivity contribution is 8.00. The Morgan fingerprint density at radius 2 is 1.82 bits per heavy atom. The number of hydrogen-bond acceptors (Lipinski definition) is 4. The Hall–Kier alpha value is -1.61. The van der Waals surface area contributed by atoms with E-state index < -0.39 is 17.5 Å². The van der Waals surface area contributed by atoms with Crippen molar-refractivity contribution in [2.45, 2.75) is 18.0 Å². The summed E-state index contributed by atoms with van der Waals surface area (Å²) in [6.07, 6.45) is 0.0249. The van der Waals surface area contributed by atoms with Gasteiger partial charge in [0.2, 0.25) is 0 Å². The lowest BCUT2D eigenvalue weighted by Crippen LogP contribution is -2.66. The molecular formula is C13H18F3N2O3S+. The van der Waals surface area contributed by atoms with Crippen LogP contribution in [0.1, 0.15) is 6.42 Å². The molecular weight excluding hydrogens is 321 g/mol. The molecule has 1 aromatic carbocycles. The van der Waals surface area contributed by atoms with E-state index in [1.165, 1.54) is 14.2 Å². The largest absolute Gasteiger partial charge is 0.497 e. The van der Waals surface area contributed by atoms with E-state index in [4.69, 9.17) is 9.47 Å². The van der Waals surface area contributed by atoms with Gasteiger partial charge in [-0.05, 0) is 0 Å². The fourth-order valence-corrected chi connectivity index (χ4v) is 2.21. The Labute approximate surface area is 130 Å². The van der Waals surface area contributed by atoms with Crippen molar-refractivity contribution in [3.8, 4) is 11.5 Å². The van der Waals surface area contributed by atoms with Gasteiger partial charge in [-0.15, -0.1) is 0 Å². The Kier molecular flexibility index (Phi) is 6.82. The summed E-state index contributed by atoms with van der Waals surface area (Å²) < 4.78 is 46.2. The molecule has 0 saturated heterocycles. The van der Waals surface area contributed by atoms with Crippen LogP contribution in [0, 0.1) is 0 Å². The lowest BCUT2D eigenvalue weighted by Gasteiger charge is -2.12. The fourth-order valence-electron chi connectivity index (χ4n) is 1.57. The summed E-state index contributed by atoms with van der Waals surface area (Å²) in [4.78, 5) is 11.9. The van der Waals surface area contributed by atoms with Gasteiger partial charge in [0.1, 0.15) is 11.5 Å². The number of halogens is 3. The van der Waals surface area contributed by atoms with Gasteiger partial charge in [0.05, 0.1) is 14.2 Å². The van der Waals surface area contributed by atoms with Crippen LogP contribution in [0.2, 0.25) is 0 Å². The minimum Gasteiger partial charge on any atom is -0.497 e. The van der Waals surface area contributed by atoms with E-state index in [0.29, 0.717) is 17.2 Å². The van der Waals surface area contributed by atoms with Crippen molar-refractivity contribution in [1.29, 1.82) is 0 Å². The van der Waals surface area contributed by atoms with Crippen molar-refractivity contribution in [1.82, 2.24) is 0 Å². The molecule has 0 aliphatic heterocycles. The molecule has 0 unspecified atom stereocenters.